The predicted octanol–water partition coefficient (Wildman–Crippen LogP) is 3.79. The largest absolute Gasteiger partial charge is 0.271 e. The van der Waals surface area contributed by atoms with Crippen molar-refractivity contribution in [1.82, 2.24) is 5.43 Å². The van der Waals surface area contributed by atoms with Crippen molar-refractivity contribution >= 4 is 11.6 Å². The first-order chi connectivity index (χ1) is 10.1. The van der Waals surface area contributed by atoms with Crippen LogP contribution in [0.3, 0.4) is 0 Å². The van der Waals surface area contributed by atoms with E-state index in [0.29, 0.717) is 11.4 Å². The van der Waals surface area contributed by atoms with Gasteiger partial charge in [-0.1, -0.05) is 35.9 Å². The molecule has 0 amide bonds. The summed E-state index contributed by atoms with van der Waals surface area (Å²) in [6.45, 7) is 2.10. The summed E-state index contributed by atoms with van der Waals surface area (Å²) in [5, 5.41) is 0.576. The van der Waals surface area contributed by atoms with Crippen LogP contribution in [0.15, 0.2) is 42.5 Å². The van der Waals surface area contributed by atoms with Crippen molar-refractivity contribution in [2.75, 3.05) is 0 Å². The van der Waals surface area contributed by atoms with Crippen LogP contribution in [0.2, 0.25) is 5.02 Å². The molecule has 1 unspecified atom stereocenters. The lowest BCUT2D eigenvalue weighted by Gasteiger charge is -2.17. The number of nitrogens with two attached hydrogens (primary N) is 1. The molecular formula is C17H20ClFN2. The maximum Gasteiger partial charge on any atom is 0.123 e. The highest BCUT2D eigenvalue weighted by molar-refractivity contribution is 6.31. The van der Waals surface area contributed by atoms with Crippen LogP contribution >= 0.6 is 11.6 Å². The van der Waals surface area contributed by atoms with Crippen molar-refractivity contribution in [3.05, 3.63) is 70.0 Å². The van der Waals surface area contributed by atoms with Gasteiger partial charge in [0, 0.05) is 11.1 Å². The molecule has 1 atom stereocenters. The van der Waals surface area contributed by atoms with Crippen molar-refractivity contribution in [1.29, 1.82) is 0 Å². The van der Waals surface area contributed by atoms with Gasteiger partial charge in [-0.15, -0.1) is 0 Å². The Morgan fingerprint density at radius 2 is 1.95 bits per heavy atom. The Bertz CT molecular complexity index is 601. The first kappa shape index (κ1) is 16.0. The van der Waals surface area contributed by atoms with E-state index < -0.39 is 0 Å². The van der Waals surface area contributed by atoms with Crippen LogP contribution in [0, 0.1) is 12.7 Å². The van der Waals surface area contributed by atoms with E-state index in [4.69, 9.17) is 17.4 Å². The third-order valence-corrected chi connectivity index (χ3v) is 4.10. The van der Waals surface area contributed by atoms with Gasteiger partial charge in [0.15, 0.2) is 0 Å². The average Bonchev–Trinajstić information content (AvgIpc) is 2.48. The second-order valence-electron chi connectivity index (χ2n) is 5.27. The van der Waals surface area contributed by atoms with Gasteiger partial charge in [0.2, 0.25) is 0 Å². The fourth-order valence-electron chi connectivity index (χ4n) is 2.43. The monoisotopic (exact) mass is 306 g/mol. The van der Waals surface area contributed by atoms with Gasteiger partial charge in [0.05, 0.1) is 0 Å². The number of hydrogen-bond acceptors (Lipinski definition) is 2. The molecule has 2 aromatic carbocycles. The topological polar surface area (TPSA) is 38.0 Å². The summed E-state index contributed by atoms with van der Waals surface area (Å²) < 4.78 is 13.3. The zero-order chi connectivity index (χ0) is 15.2. The summed E-state index contributed by atoms with van der Waals surface area (Å²) in [5.41, 5.74) is 6.17. The highest BCUT2D eigenvalue weighted by Crippen LogP contribution is 2.20. The summed E-state index contributed by atoms with van der Waals surface area (Å²) in [5.74, 6) is 5.35. The van der Waals surface area contributed by atoms with E-state index in [9.17, 15) is 4.39 Å². The number of rotatable bonds is 6. The maximum atomic E-state index is 13.3. The van der Waals surface area contributed by atoms with E-state index in [1.807, 2.05) is 12.1 Å². The third-order valence-electron chi connectivity index (χ3n) is 3.73. The van der Waals surface area contributed by atoms with Gasteiger partial charge in [0.1, 0.15) is 5.82 Å². The molecule has 2 aromatic rings. The van der Waals surface area contributed by atoms with Crippen LogP contribution in [0.25, 0.3) is 0 Å². The van der Waals surface area contributed by atoms with Crippen LogP contribution in [-0.4, -0.2) is 6.04 Å². The predicted molar refractivity (Wildman–Crippen MR) is 85.7 cm³/mol. The molecule has 3 N–H and O–H groups in total. The lowest BCUT2D eigenvalue weighted by molar-refractivity contribution is 0.490. The van der Waals surface area contributed by atoms with Crippen molar-refractivity contribution in [3.8, 4) is 0 Å². The fraction of sp³-hybridized carbons (Fsp3) is 0.294. The lowest BCUT2D eigenvalue weighted by Crippen LogP contribution is -2.37. The molecule has 0 saturated carbocycles. The molecule has 0 spiro atoms. The SMILES string of the molecule is Cc1ccccc1CCC(Cc1cc(F)ccc1Cl)NN. The Morgan fingerprint density at radius 1 is 1.19 bits per heavy atom. The second kappa shape index (κ2) is 7.55. The van der Waals surface area contributed by atoms with Gasteiger partial charge in [-0.25, -0.2) is 4.39 Å². The summed E-state index contributed by atoms with van der Waals surface area (Å²) in [6.07, 6.45) is 2.40. The van der Waals surface area contributed by atoms with Crippen molar-refractivity contribution in [3.63, 3.8) is 0 Å². The molecule has 4 heteroatoms. The molecular weight excluding hydrogens is 287 g/mol. The number of nitrogens with one attached hydrogen (secondary N) is 1. The highest BCUT2D eigenvalue weighted by atomic mass is 35.5. The molecule has 0 saturated heterocycles. The Morgan fingerprint density at radius 3 is 2.67 bits per heavy atom. The van der Waals surface area contributed by atoms with Crippen molar-refractivity contribution in [2.24, 2.45) is 5.84 Å². The van der Waals surface area contributed by atoms with Crippen LogP contribution in [-0.2, 0) is 12.8 Å². The molecule has 0 fully saturated rings. The van der Waals surface area contributed by atoms with Gasteiger partial charge in [-0.2, -0.15) is 0 Å². The summed E-state index contributed by atoms with van der Waals surface area (Å²) in [4.78, 5) is 0. The van der Waals surface area contributed by atoms with E-state index in [1.165, 1.54) is 23.3 Å². The highest BCUT2D eigenvalue weighted by Gasteiger charge is 2.12. The number of aryl methyl sites for hydroxylation is 2. The van der Waals surface area contributed by atoms with E-state index in [2.05, 4.69) is 24.5 Å². The molecule has 21 heavy (non-hydrogen) atoms. The second-order valence-corrected chi connectivity index (χ2v) is 5.68. The Labute approximate surface area is 130 Å². The van der Waals surface area contributed by atoms with Gasteiger partial charge in [-0.3, -0.25) is 11.3 Å². The van der Waals surface area contributed by atoms with Crippen LogP contribution in [0.4, 0.5) is 4.39 Å². The lowest BCUT2D eigenvalue weighted by atomic mass is 9.97. The minimum Gasteiger partial charge on any atom is -0.271 e. The Hall–Kier alpha value is -1.42. The van der Waals surface area contributed by atoms with Crippen LogP contribution in [0.5, 0.6) is 0 Å². The number of benzene rings is 2. The smallest absolute Gasteiger partial charge is 0.123 e. The van der Waals surface area contributed by atoms with Gasteiger partial charge >= 0.3 is 0 Å². The maximum absolute atomic E-state index is 13.3. The van der Waals surface area contributed by atoms with E-state index in [1.54, 1.807) is 6.07 Å². The normalized spacial score (nSPS) is 12.4. The average molecular weight is 307 g/mol. The third kappa shape index (κ3) is 4.53. The minimum atomic E-state index is -0.274. The quantitative estimate of drug-likeness (QED) is 0.629. The van der Waals surface area contributed by atoms with Crippen LogP contribution < -0.4 is 11.3 Å². The summed E-state index contributed by atoms with van der Waals surface area (Å²) >= 11 is 6.10. The minimum absolute atomic E-state index is 0.0592. The number of hydrazine groups is 1. The Kier molecular flexibility index (Phi) is 5.74. The molecule has 0 radical (unpaired) electrons. The molecule has 0 aliphatic carbocycles. The standard InChI is InChI=1S/C17H20ClFN2/c1-12-4-2-3-5-13(12)6-8-16(21-20)11-14-10-15(19)7-9-17(14)18/h2-5,7,9-10,16,21H,6,8,11,20H2,1H3. The fourth-order valence-corrected chi connectivity index (χ4v) is 2.62. The van der Waals surface area contributed by atoms with E-state index >= 15 is 0 Å². The molecule has 0 heterocycles. The van der Waals surface area contributed by atoms with Crippen LogP contribution in [0.1, 0.15) is 23.1 Å². The molecule has 112 valence electrons. The van der Waals surface area contributed by atoms with E-state index in [0.717, 1.165) is 18.4 Å². The number of halogens is 2. The van der Waals surface area contributed by atoms with Gasteiger partial charge < -0.3 is 0 Å². The Balaban J connectivity index is 2.00. The first-order valence-corrected chi connectivity index (χ1v) is 7.42. The molecule has 2 rings (SSSR count). The molecule has 0 bridgehead atoms. The van der Waals surface area contributed by atoms with Crippen molar-refractivity contribution in [2.45, 2.75) is 32.2 Å². The zero-order valence-electron chi connectivity index (χ0n) is 12.1. The molecule has 0 aromatic heterocycles. The summed E-state index contributed by atoms with van der Waals surface area (Å²) in [7, 11) is 0. The molecule has 0 aliphatic heterocycles. The first-order valence-electron chi connectivity index (χ1n) is 7.04. The van der Waals surface area contributed by atoms with Crippen molar-refractivity contribution < 1.29 is 4.39 Å². The summed E-state index contributed by atoms with van der Waals surface area (Å²) in [6, 6.07) is 12.8. The van der Waals surface area contributed by atoms with Gasteiger partial charge in [0.25, 0.3) is 0 Å². The van der Waals surface area contributed by atoms with Gasteiger partial charge in [-0.05, 0) is 61.1 Å². The number of hydrogen-bond donors (Lipinski definition) is 2. The molecule has 0 aliphatic rings. The van der Waals surface area contributed by atoms with E-state index in [-0.39, 0.29) is 11.9 Å². The molecule has 2 nitrogen and oxygen atoms in total. The zero-order valence-corrected chi connectivity index (χ0v) is 12.8.